The SMILES string of the molecule is CC(C)CCC[C@@H](C)[C@H]1CC[C@H]2[C@@H]3CC=C4C[C@@H](OC(=O)CN(C)CCN(C)CC(=O)O)CC[C@]4(C)[C@H]3CC[C@]12C. The summed E-state index contributed by atoms with van der Waals surface area (Å²) < 4.78 is 6.01. The number of nitrogens with zero attached hydrogens (tertiary/aromatic N) is 2. The van der Waals surface area contributed by atoms with Crippen LogP contribution in [0.1, 0.15) is 105 Å². The van der Waals surface area contributed by atoms with Crippen LogP contribution < -0.4 is 0 Å². The molecule has 234 valence electrons. The van der Waals surface area contributed by atoms with Gasteiger partial charge in [0.25, 0.3) is 0 Å². The first kappa shape index (κ1) is 32.5. The fraction of sp³-hybridized carbons (Fsp3) is 0.886. The van der Waals surface area contributed by atoms with Crippen molar-refractivity contribution in [2.45, 2.75) is 111 Å². The summed E-state index contributed by atoms with van der Waals surface area (Å²) >= 11 is 0. The summed E-state index contributed by atoms with van der Waals surface area (Å²) in [5.41, 5.74) is 2.34. The molecule has 4 rings (SSSR count). The zero-order valence-corrected chi connectivity index (χ0v) is 27.3. The first-order valence-electron chi connectivity index (χ1n) is 16.8. The van der Waals surface area contributed by atoms with Gasteiger partial charge in [0.05, 0.1) is 13.1 Å². The highest BCUT2D eigenvalue weighted by molar-refractivity contribution is 5.72. The summed E-state index contributed by atoms with van der Waals surface area (Å²) in [5.74, 6) is 4.03. The lowest BCUT2D eigenvalue weighted by molar-refractivity contribution is -0.152. The van der Waals surface area contributed by atoms with Crippen LogP contribution in [0, 0.1) is 46.3 Å². The molecule has 4 aliphatic rings. The van der Waals surface area contributed by atoms with Gasteiger partial charge in [0.1, 0.15) is 6.10 Å². The summed E-state index contributed by atoms with van der Waals surface area (Å²) in [6.45, 7) is 14.0. The Balaban J connectivity index is 1.31. The highest BCUT2D eigenvalue weighted by atomic mass is 16.5. The highest BCUT2D eigenvalue weighted by Gasteiger charge is 2.59. The quantitative estimate of drug-likeness (QED) is 0.191. The molecular formula is C35H60N2O4. The second kappa shape index (κ2) is 13.5. The molecule has 0 amide bonds. The average molecular weight is 573 g/mol. The van der Waals surface area contributed by atoms with E-state index >= 15 is 0 Å². The molecule has 3 saturated carbocycles. The Hall–Kier alpha value is -1.40. The maximum Gasteiger partial charge on any atom is 0.320 e. The van der Waals surface area contributed by atoms with Gasteiger partial charge in [-0.3, -0.25) is 19.4 Å². The van der Waals surface area contributed by atoms with Crippen molar-refractivity contribution in [3.63, 3.8) is 0 Å². The van der Waals surface area contributed by atoms with Crippen LogP contribution in [0.2, 0.25) is 0 Å². The summed E-state index contributed by atoms with van der Waals surface area (Å²) in [7, 11) is 3.68. The van der Waals surface area contributed by atoms with Gasteiger partial charge in [0.2, 0.25) is 0 Å². The van der Waals surface area contributed by atoms with Crippen LogP contribution in [-0.2, 0) is 14.3 Å². The first-order chi connectivity index (χ1) is 19.3. The second-order valence-electron chi connectivity index (χ2n) is 15.5. The van der Waals surface area contributed by atoms with Crippen molar-refractivity contribution in [1.29, 1.82) is 0 Å². The lowest BCUT2D eigenvalue weighted by Crippen LogP contribution is -2.51. The molecule has 3 fully saturated rings. The molecule has 0 aliphatic heterocycles. The smallest absolute Gasteiger partial charge is 0.320 e. The lowest BCUT2D eigenvalue weighted by Gasteiger charge is -2.58. The van der Waals surface area contributed by atoms with Crippen LogP contribution in [-0.4, -0.2) is 73.2 Å². The predicted octanol–water partition coefficient (Wildman–Crippen LogP) is 6.89. The summed E-state index contributed by atoms with van der Waals surface area (Å²) in [4.78, 5) is 27.3. The Kier molecular flexibility index (Phi) is 10.7. The number of rotatable bonds is 13. The minimum absolute atomic E-state index is 0.00816. The van der Waals surface area contributed by atoms with Crippen molar-refractivity contribution in [2.24, 2.45) is 46.3 Å². The van der Waals surface area contributed by atoms with E-state index in [1.54, 1.807) is 17.5 Å². The van der Waals surface area contributed by atoms with Gasteiger partial charge in [-0.25, -0.2) is 0 Å². The van der Waals surface area contributed by atoms with Gasteiger partial charge in [-0.05, 0) is 105 Å². The third kappa shape index (κ3) is 7.40. The molecule has 0 aromatic carbocycles. The number of hydrogen-bond donors (Lipinski definition) is 1. The van der Waals surface area contributed by atoms with E-state index in [4.69, 9.17) is 9.84 Å². The number of ether oxygens (including phenoxy) is 1. The number of allylic oxidation sites excluding steroid dienone is 1. The van der Waals surface area contributed by atoms with Gasteiger partial charge >= 0.3 is 11.9 Å². The van der Waals surface area contributed by atoms with Gasteiger partial charge in [0, 0.05) is 19.5 Å². The standard InChI is InChI=1S/C35H60N2O4/c1-24(2)9-8-10-25(3)29-13-14-30-28-12-11-26-21-27(15-17-34(26,4)31(28)16-18-35(29,30)5)41-33(40)23-37(7)20-19-36(6)22-32(38)39/h11,24-25,27-31H,8-10,12-23H2,1-7H3,(H,38,39)/t25-,27+,28+,29-,30+,31+,34+,35-/m1/s1. The van der Waals surface area contributed by atoms with Crippen molar-refractivity contribution >= 4 is 11.9 Å². The van der Waals surface area contributed by atoms with Gasteiger partial charge < -0.3 is 9.84 Å². The molecule has 4 aliphatic carbocycles. The Morgan fingerprint density at radius 3 is 2.37 bits per heavy atom. The fourth-order valence-electron chi connectivity index (χ4n) is 9.93. The van der Waals surface area contributed by atoms with E-state index in [0.29, 0.717) is 18.5 Å². The van der Waals surface area contributed by atoms with Crippen molar-refractivity contribution < 1.29 is 19.4 Å². The van der Waals surface area contributed by atoms with E-state index in [-0.39, 0.29) is 30.6 Å². The minimum Gasteiger partial charge on any atom is -0.480 e. The predicted molar refractivity (Wildman–Crippen MR) is 166 cm³/mol. The normalized spacial score (nSPS) is 35.6. The summed E-state index contributed by atoms with van der Waals surface area (Å²) in [5, 5.41) is 8.93. The van der Waals surface area contributed by atoms with Crippen LogP contribution >= 0.6 is 0 Å². The number of carboxylic acid groups (broad SMARTS) is 1. The number of hydrogen-bond acceptors (Lipinski definition) is 5. The third-order valence-electron chi connectivity index (χ3n) is 12.2. The minimum atomic E-state index is -0.834. The maximum atomic E-state index is 12.8. The number of fused-ring (bicyclic) bond motifs is 5. The lowest BCUT2D eigenvalue weighted by atomic mass is 9.47. The molecule has 1 N–H and O–H groups in total. The van der Waals surface area contributed by atoms with E-state index in [1.165, 1.54) is 51.4 Å². The van der Waals surface area contributed by atoms with E-state index < -0.39 is 5.97 Å². The molecule has 0 radical (unpaired) electrons. The molecule has 6 nitrogen and oxygen atoms in total. The topological polar surface area (TPSA) is 70.1 Å². The number of carbonyl (C=O) groups is 2. The van der Waals surface area contributed by atoms with E-state index in [0.717, 1.165) is 54.8 Å². The molecule has 0 bridgehead atoms. The molecule has 6 heteroatoms. The largest absolute Gasteiger partial charge is 0.480 e. The number of aliphatic carboxylic acids is 1. The second-order valence-corrected chi connectivity index (χ2v) is 15.5. The summed E-state index contributed by atoms with van der Waals surface area (Å²) in [6.07, 6.45) is 16.6. The first-order valence-corrected chi connectivity index (χ1v) is 16.8. The Labute approximate surface area is 250 Å². The van der Waals surface area contributed by atoms with Gasteiger partial charge in [0.15, 0.2) is 0 Å². The van der Waals surface area contributed by atoms with Crippen LogP contribution in [0.3, 0.4) is 0 Å². The van der Waals surface area contributed by atoms with Crippen molar-refractivity contribution in [3.8, 4) is 0 Å². The van der Waals surface area contributed by atoms with Crippen LogP contribution in [0.25, 0.3) is 0 Å². The molecule has 0 unspecified atom stereocenters. The van der Waals surface area contributed by atoms with Gasteiger partial charge in [-0.2, -0.15) is 0 Å². The molecule has 8 atom stereocenters. The monoisotopic (exact) mass is 572 g/mol. The van der Waals surface area contributed by atoms with E-state index in [2.05, 4.69) is 40.7 Å². The zero-order valence-electron chi connectivity index (χ0n) is 27.3. The van der Waals surface area contributed by atoms with Gasteiger partial charge in [-0.1, -0.05) is 65.5 Å². The molecule has 0 saturated heterocycles. The number of carboxylic acids is 1. The average Bonchev–Trinajstić information content (AvgIpc) is 3.24. The van der Waals surface area contributed by atoms with Crippen molar-refractivity contribution in [2.75, 3.05) is 40.3 Å². The Morgan fingerprint density at radius 2 is 1.68 bits per heavy atom. The number of esters is 1. The summed E-state index contributed by atoms with van der Waals surface area (Å²) in [6, 6.07) is 0. The van der Waals surface area contributed by atoms with Gasteiger partial charge in [-0.15, -0.1) is 0 Å². The zero-order chi connectivity index (χ0) is 29.9. The molecule has 0 spiro atoms. The van der Waals surface area contributed by atoms with E-state index in [1.807, 2.05) is 11.9 Å². The van der Waals surface area contributed by atoms with Crippen LogP contribution in [0.5, 0.6) is 0 Å². The van der Waals surface area contributed by atoms with Crippen molar-refractivity contribution in [3.05, 3.63) is 11.6 Å². The maximum absolute atomic E-state index is 12.8. The Bertz CT molecular complexity index is 948. The number of likely N-dealkylation sites (N-methyl/N-ethyl adjacent to an activating group) is 2. The molecule has 0 aromatic heterocycles. The Morgan fingerprint density at radius 1 is 0.976 bits per heavy atom. The third-order valence-corrected chi connectivity index (χ3v) is 12.2. The van der Waals surface area contributed by atoms with Crippen molar-refractivity contribution in [1.82, 2.24) is 9.80 Å². The molecule has 0 aromatic rings. The molecule has 0 heterocycles. The molecular weight excluding hydrogens is 512 g/mol. The fourth-order valence-corrected chi connectivity index (χ4v) is 9.93. The highest BCUT2D eigenvalue weighted by Crippen LogP contribution is 2.67. The number of carbonyl (C=O) groups excluding carboxylic acids is 1. The van der Waals surface area contributed by atoms with Crippen LogP contribution in [0.4, 0.5) is 0 Å². The molecule has 41 heavy (non-hydrogen) atoms. The van der Waals surface area contributed by atoms with Crippen LogP contribution in [0.15, 0.2) is 11.6 Å². The van der Waals surface area contributed by atoms with E-state index in [9.17, 15) is 9.59 Å².